The van der Waals surface area contributed by atoms with E-state index in [4.69, 9.17) is 4.74 Å². The number of nitrogens with zero attached hydrogens (tertiary/aromatic N) is 5. The summed E-state index contributed by atoms with van der Waals surface area (Å²) in [5, 5.41) is 9.54. The van der Waals surface area contributed by atoms with Crippen LogP contribution in [0, 0.1) is 0 Å². The van der Waals surface area contributed by atoms with E-state index in [2.05, 4.69) is 10.2 Å². The number of carbonyl (C=O) groups is 1. The van der Waals surface area contributed by atoms with E-state index in [1.54, 1.807) is 17.8 Å². The van der Waals surface area contributed by atoms with E-state index in [0.29, 0.717) is 17.8 Å². The summed E-state index contributed by atoms with van der Waals surface area (Å²) in [7, 11) is 0. The highest BCUT2D eigenvalue weighted by atomic mass is 16.5. The van der Waals surface area contributed by atoms with Crippen LogP contribution >= 0.6 is 0 Å². The van der Waals surface area contributed by atoms with Crippen LogP contribution in [-0.4, -0.2) is 36.7 Å². The Labute approximate surface area is 183 Å². The van der Waals surface area contributed by atoms with Crippen molar-refractivity contribution in [3.05, 3.63) is 89.1 Å². The van der Waals surface area contributed by atoms with Crippen LogP contribution in [0.1, 0.15) is 12.5 Å². The van der Waals surface area contributed by atoms with Gasteiger partial charge in [0.15, 0.2) is 0 Å². The summed E-state index contributed by atoms with van der Waals surface area (Å²) in [4.78, 5) is 24.9. The lowest BCUT2D eigenvalue weighted by Crippen LogP contribution is -2.23. The van der Waals surface area contributed by atoms with Gasteiger partial charge in [0, 0.05) is 30.5 Å². The van der Waals surface area contributed by atoms with Crippen molar-refractivity contribution >= 4 is 16.9 Å². The molecule has 2 aliphatic rings. The maximum absolute atomic E-state index is 13.0. The molecule has 1 aromatic heterocycles. The van der Waals surface area contributed by atoms with E-state index >= 15 is 0 Å². The second-order valence-corrected chi connectivity index (χ2v) is 7.42. The van der Waals surface area contributed by atoms with Crippen LogP contribution in [0.25, 0.3) is 27.8 Å². The fourth-order valence-corrected chi connectivity index (χ4v) is 3.86. The maximum Gasteiger partial charge on any atom is 0.327 e. The van der Waals surface area contributed by atoms with Gasteiger partial charge in [0.1, 0.15) is 12.2 Å². The predicted octanol–water partition coefficient (Wildman–Crippen LogP) is 3.10. The average Bonchev–Trinajstić information content (AvgIpc) is 3.44. The summed E-state index contributed by atoms with van der Waals surface area (Å²) < 4.78 is 10.00. The lowest BCUT2D eigenvalue weighted by molar-refractivity contribution is -0.144. The van der Waals surface area contributed by atoms with Gasteiger partial charge >= 0.3 is 5.97 Å². The summed E-state index contributed by atoms with van der Waals surface area (Å²) in [5.74, 6) is -0.480. The molecule has 0 amide bonds. The van der Waals surface area contributed by atoms with E-state index in [1.807, 2.05) is 71.6 Å². The Hall–Kier alpha value is -4.20. The van der Waals surface area contributed by atoms with E-state index in [0.717, 1.165) is 22.2 Å². The molecule has 8 heteroatoms. The van der Waals surface area contributed by atoms with Gasteiger partial charge in [-0.2, -0.15) is 10.2 Å². The number of esters is 1. The van der Waals surface area contributed by atoms with Gasteiger partial charge in [-0.3, -0.25) is 9.59 Å². The van der Waals surface area contributed by atoms with Gasteiger partial charge in [0.2, 0.25) is 0 Å². The van der Waals surface area contributed by atoms with Crippen molar-refractivity contribution in [1.29, 1.82) is 0 Å². The Balaban J connectivity index is 1.55. The van der Waals surface area contributed by atoms with Crippen molar-refractivity contribution in [3.8, 4) is 16.9 Å². The Kier molecular flexibility index (Phi) is 5.03. The van der Waals surface area contributed by atoms with E-state index < -0.39 is 5.97 Å². The first-order valence-electron chi connectivity index (χ1n) is 10.4. The third kappa shape index (κ3) is 3.56. The summed E-state index contributed by atoms with van der Waals surface area (Å²) in [6.45, 7) is 2.37. The third-order valence-electron chi connectivity index (χ3n) is 5.34. The number of hydrogen-bond donors (Lipinski definition) is 0. The van der Waals surface area contributed by atoms with Crippen molar-refractivity contribution in [2.75, 3.05) is 6.61 Å². The van der Waals surface area contributed by atoms with Crippen molar-refractivity contribution in [2.45, 2.75) is 20.0 Å². The number of fused-ring (bicyclic) bond motifs is 3. The molecule has 0 saturated heterocycles. The molecule has 5 rings (SSSR count). The van der Waals surface area contributed by atoms with Gasteiger partial charge < -0.3 is 9.30 Å². The molecule has 0 bridgehead atoms. The minimum atomic E-state index is -0.480. The largest absolute Gasteiger partial charge is 0.465 e. The SMILES string of the molecule is CCOC(=O)Cn1nc2c3ccccc3n(Cc3ccc(-n4cccn4)cc3)cc-2c1=O. The van der Waals surface area contributed by atoms with Gasteiger partial charge in [-0.25, -0.2) is 9.36 Å². The summed E-state index contributed by atoms with van der Waals surface area (Å²) >= 11 is 0. The Bertz CT molecular complexity index is 1410. The molecule has 3 aromatic rings. The first-order valence-corrected chi connectivity index (χ1v) is 10.4. The average molecular weight is 427 g/mol. The predicted molar refractivity (Wildman–Crippen MR) is 120 cm³/mol. The quantitative estimate of drug-likeness (QED) is 0.389. The molecule has 160 valence electrons. The number of aromatic nitrogens is 5. The summed E-state index contributed by atoms with van der Waals surface area (Å²) in [5.41, 5.74) is 3.77. The zero-order valence-electron chi connectivity index (χ0n) is 17.5. The normalized spacial score (nSPS) is 11.3. The van der Waals surface area contributed by atoms with Crippen LogP contribution in [0.2, 0.25) is 0 Å². The molecule has 0 radical (unpaired) electrons. The lowest BCUT2D eigenvalue weighted by atomic mass is 10.1. The van der Waals surface area contributed by atoms with Crippen LogP contribution in [0.5, 0.6) is 0 Å². The van der Waals surface area contributed by atoms with Crippen molar-refractivity contribution in [2.24, 2.45) is 0 Å². The minimum absolute atomic E-state index is 0.204. The number of benzene rings is 2. The molecular formula is C24H21N5O3. The van der Waals surface area contributed by atoms with Crippen LogP contribution in [-0.2, 0) is 22.6 Å². The number of hydrogen-bond acceptors (Lipinski definition) is 5. The lowest BCUT2D eigenvalue weighted by Gasteiger charge is -2.14. The third-order valence-corrected chi connectivity index (χ3v) is 5.34. The van der Waals surface area contributed by atoms with Crippen molar-refractivity contribution in [3.63, 3.8) is 0 Å². The highest BCUT2D eigenvalue weighted by Crippen LogP contribution is 2.28. The van der Waals surface area contributed by atoms with Crippen LogP contribution in [0.4, 0.5) is 0 Å². The molecule has 0 unspecified atom stereocenters. The molecule has 2 aromatic carbocycles. The summed E-state index contributed by atoms with van der Waals surface area (Å²) in [6.07, 6.45) is 5.46. The van der Waals surface area contributed by atoms with E-state index in [9.17, 15) is 9.59 Å². The monoisotopic (exact) mass is 427 g/mol. The van der Waals surface area contributed by atoms with Gasteiger partial charge in [-0.05, 0) is 36.8 Å². The fraction of sp³-hybridized carbons (Fsp3) is 0.167. The van der Waals surface area contributed by atoms with Crippen LogP contribution < -0.4 is 5.56 Å². The zero-order valence-corrected chi connectivity index (χ0v) is 17.5. The Morgan fingerprint density at radius 3 is 2.62 bits per heavy atom. The molecule has 8 nitrogen and oxygen atoms in total. The second-order valence-electron chi connectivity index (χ2n) is 7.42. The zero-order chi connectivity index (χ0) is 22.1. The summed E-state index contributed by atoms with van der Waals surface area (Å²) in [6, 6.07) is 17.8. The van der Waals surface area contributed by atoms with Gasteiger partial charge in [-0.1, -0.05) is 30.3 Å². The molecule has 0 saturated carbocycles. The fourth-order valence-electron chi connectivity index (χ4n) is 3.86. The van der Waals surface area contributed by atoms with E-state index in [-0.39, 0.29) is 18.7 Å². The molecule has 0 aliphatic carbocycles. The standard InChI is InChI=1S/C24H21N5O3/c1-2-32-22(30)16-29-24(31)20-15-27(21-7-4-3-6-19(21)23(20)26-29)14-17-8-10-18(11-9-17)28-13-5-12-25-28/h3-13,15H,2,14,16H2,1H3. The van der Waals surface area contributed by atoms with Crippen LogP contribution in [0.3, 0.4) is 0 Å². The van der Waals surface area contributed by atoms with E-state index in [1.165, 1.54) is 4.68 Å². The molecule has 3 heterocycles. The van der Waals surface area contributed by atoms with Crippen molar-refractivity contribution in [1.82, 2.24) is 24.1 Å². The number of para-hydroxylation sites is 1. The number of carbonyl (C=O) groups excluding carboxylic acids is 1. The topological polar surface area (TPSA) is 83.9 Å². The minimum Gasteiger partial charge on any atom is -0.465 e. The molecule has 0 N–H and O–H groups in total. The Morgan fingerprint density at radius 1 is 1.06 bits per heavy atom. The molecule has 0 fully saturated rings. The number of pyridine rings is 1. The van der Waals surface area contributed by atoms with Crippen molar-refractivity contribution < 1.29 is 9.53 Å². The van der Waals surface area contributed by atoms with Gasteiger partial charge in [0.05, 0.1) is 23.4 Å². The first kappa shape index (κ1) is 19.7. The number of rotatable bonds is 6. The maximum atomic E-state index is 13.0. The van der Waals surface area contributed by atoms with Gasteiger partial charge in [-0.15, -0.1) is 0 Å². The van der Waals surface area contributed by atoms with Gasteiger partial charge in [0.25, 0.3) is 5.56 Å². The highest BCUT2D eigenvalue weighted by molar-refractivity contribution is 5.93. The number of ether oxygens (including phenoxy) is 1. The van der Waals surface area contributed by atoms with Crippen LogP contribution in [0.15, 0.2) is 78.0 Å². The Morgan fingerprint density at radius 2 is 1.88 bits per heavy atom. The molecule has 2 aliphatic heterocycles. The highest BCUT2D eigenvalue weighted by Gasteiger charge is 2.21. The molecular weight excluding hydrogens is 406 g/mol. The molecule has 0 spiro atoms. The molecule has 32 heavy (non-hydrogen) atoms. The second kappa shape index (κ2) is 8.14. The smallest absolute Gasteiger partial charge is 0.327 e. The first-order chi connectivity index (χ1) is 15.6. The molecule has 0 atom stereocenters.